The maximum atomic E-state index is 12.6. The molecule has 2 heterocycles. The van der Waals surface area contributed by atoms with Gasteiger partial charge in [-0.15, -0.1) is 0 Å². The number of halogens is 1. The second-order valence-electron chi connectivity index (χ2n) is 7.20. The number of hydrogen-bond donors (Lipinski definition) is 0. The Kier molecular flexibility index (Phi) is 7.76. The van der Waals surface area contributed by atoms with Crippen LogP contribution in [0.2, 0.25) is 5.02 Å². The smallest absolute Gasteiger partial charge is 0.224 e. The van der Waals surface area contributed by atoms with Gasteiger partial charge >= 0.3 is 0 Å². The van der Waals surface area contributed by atoms with Crippen LogP contribution in [0.1, 0.15) is 31.7 Å². The van der Waals surface area contributed by atoms with Crippen molar-refractivity contribution in [1.82, 2.24) is 24.2 Å². The first kappa shape index (κ1) is 22.2. The Morgan fingerprint density at radius 3 is 2.50 bits per heavy atom. The average molecular weight is 444 g/mol. The van der Waals surface area contributed by atoms with Gasteiger partial charge < -0.3 is 4.90 Å². The van der Waals surface area contributed by atoms with E-state index in [1.54, 1.807) is 29.0 Å². The zero-order valence-electron chi connectivity index (χ0n) is 17.3. The number of pyridine rings is 1. The molecule has 0 N–H and O–H groups in total. The zero-order valence-corrected chi connectivity index (χ0v) is 18.9. The first-order valence-electron chi connectivity index (χ1n) is 10.1. The Balaban J connectivity index is 1.74. The molecule has 8 heteroatoms. The fourth-order valence-electron chi connectivity index (χ4n) is 3.16. The molecule has 3 rings (SSSR count). The molecule has 0 aliphatic rings. The van der Waals surface area contributed by atoms with E-state index in [0.29, 0.717) is 29.3 Å². The summed E-state index contributed by atoms with van der Waals surface area (Å²) in [4.78, 5) is 18.3. The summed E-state index contributed by atoms with van der Waals surface area (Å²) in [7, 11) is 1.81. The van der Waals surface area contributed by atoms with Crippen molar-refractivity contribution >= 4 is 29.7 Å². The maximum Gasteiger partial charge on any atom is 0.224 e. The van der Waals surface area contributed by atoms with Crippen molar-refractivity contribution in [3.8, 4) is 11.4 Å². The van der Waals surface area contributed by atoms with Gasteiger partial charge in [-0.2, -0.15) is 5.10 Å². The quantitative estimate of drug-likeness (QED) is 0.438. The van der Waals surface area contributed by atoms with Crippen LogP contribution in [0.4, 0.5) is 0 Å². The molecular weight excluding hydrogens is 418 g/mol. The van der Waals surface area contributed by atoms with E-state index in [-0.39, 0.29) is 5.91 Å². The average Bonchev–Trinajstić information content (AvgIpc) is 3.07. The van der Waals surface area contributed by atoms with Gasteiger partial charge in [0.25, 0.3) is 0 Å². The van der Waals surface area contributed by atoms with Crippen LogP contribution in [0.25, 0.3) is 11.4 Å². The van der Waals surface area contributed by atoms with E-state index in [2.05, 4.69) is 11.9 Å². The van der Waals surface area contributed by atoms with Crippen molar-refractivity contribution in [2.45, 2.75) is 45.8 Å². The lowest BCUT2D eigenvalue weighted by atomic mass is 10.2. The molecule has 0 unspecified atom stereocenters. The molecule has 0 saturated heterocycles. The SMILES string of the molecule is CCCCn1c(-c2ccc(Cl)cc2)nn(CCC(=O)N(C)Cc2ccncc2)c1=S. The molecular formula is C22H26ClN5OS. The highest BCUT2D eigenvalue weighted by Crippen LogP contribution is 2.21. The summed E-state index contributed by atoms with van der Waals surface area (Å²) in [6.45, 7) is 3.93. The van der Waals surface area contributed by atoms with Crippen molar-refractivity contribution in [3.05, 3.63) is 64.1 Å². The molecule has 0 bridgehead atoms. The molecule has 0 radical (unpaired) electrons. The molecule has 30 heavy (non-hydrogen) atoms. The number of unbranched alkanes of at least 4 members (excludes halogenated alkanes) is 1. The normalized spacial score (nSPS) is 10.9. The Labute approximate surface area is 187 Å². The molecule has 2 aromatic heterocycles. The van der Waals surface area contributed by atoms with Crippen LogP contribution in [-0.2, 0) is 24.4 Å². The summed E-state index contributed by atoms with van der Waals surface area (Å²) in [6.07, 6.45) is 5.86. The zero-order chi connectivity index (χ0) is 21.5. The minimum absolute atomic E-state index is 0.0462. The molecule has 1 aromatic carbocycles. The number of benzene rings is 1. The van der Waals surface area contributed by atoms with Crippen LogP contribution < -0.4 is 0 Å². The van der Waals surface area contributed by atoms with Gasteiger partial charge in [0, 0.05) is 49.5 Å². The van der Waals surface area contributed by atoms with Crippen molar-refractivity contribution < 1.29 is 4.79 Å². The fraction of sp³-hybridized carbons (Fsp3) is 0.364. The van der Waals surface area contributed by atoms with E-state index in [4.69, 9.17) is 28.9 Å². The highest BCUT2D eigenvalue weighted by Gasteiger charge is 2.15. The summed E-state index contributed by atoms with van der Waals surface area (Å²) in [6, 6.07) is 11.4. The number of amides is 1. The topological polar surface area (TPSA) is 56.0 Å². The summed E-state index contributed by atoms with van der Waals surface area (Å²) >= 11 is 11.7. The number of rotatable bonds is 9. The van der Waals surface area contributed by atoms with Gasteiger partial charge in [-0.25, -0.2) is 4.68 Å². The van der Waals surface area contributed by atoms with E-state index in [0.717, 1.165) is 36.3 Å². The van der Waals surface area contributed by atoms with Gasteiger partial charge in [-0.3, -0.25) is 14.3 Å². The minimum Gasteiger partial charge on any atom is -0.341 e. The standard InChI is InChI=1S/C22H26ClN5OS/c1-3-4-14-27-21(18-5-7-19(23)8-6-18)25-28(22(27)30)15-11-20(29)26(2)16-17-9-12-24-13-10-17/h5-10,12-13H,3-4,11,14-16H2,1-2H3. The first-order valence-corrected chi connectivity index (χ1v) is 10.8. The maximum absolute atomic E-state index is 12.6. The molecule has 6 nitrogen and oxygen atoms in total. The van der Waals surface area contributed by atoms with Crippen molar-refractivity contribution in [3.63, 3.8) is 0 Å². The highest BCUT2D eigenvalue weighted by molar-refractivity contribution is 7.71. The third-order valence-electron chi connectivity index (χ3n) is 4.89. The monoisotopic (exact) mass is 443 g/mol. The highest BCUT2D eigenvalue weighted by atomic mass is 35.5. The molecule has 0 atom stereocenters. The molecule has 0 spiro atoms. The minimum atomic E-state index is 0.0462. The second kappa shape index (κ2) is 10.5. The van der Waals surface area contributed by atoms with Gasteiger partial charge in [0.05, 0.1) is 6.54 Å². The number of carbonyl (C=O) groups excluding carboxylic acids is 1. The van der Waals surface area contributed by atoms with Crippen LogP contribution in [-0.4, -0.2) is 37.2 Å². The first-order chi connectivity index (χ1) is 14.5. The third kappa shape index (κ3) is 5.55. The van der Waals surface area contributed by atoms with E-state index in [1.165, 1.54) is 0 Å². The van der Waals surface area contributed by atoms with Gasteiger partial charge in [0.1, 0.15) is 0 Å². The van der Waals surface area contributed by atoms with Crippen molar-refractivity contribution in [2.24, 2.45) is 0 Å². The molecule has 3 aromatic rings. The van der Waals surface area contributed by atoms with Crippen LogP contribution >= 0.6 is 23.8 Å². The third-order valence-corrected chi connectivity index (χ3v) is 5.58. The second-order valence-corrected chi connectivity index (χ2v) is 8.00. The Hall–Kier alpha value is -2.51. The largest absolute Gasteiger partial charge is 0.341 e. The Morgan fingerprint density at radius 2 is 1.83 bits per heavy atom. The van der Waals surface area contributed by atoms with Gasteiger partial charge in [0.15, 0.2) is 10.6 Å². The van der Waals surface area contributed by atoms with Crippen LogP contribution in [0.15, 0.2) is 48.8 Å². The van der Waals surface area contributed by atoms with Crippen LogP contribution in [0.3, 0.4) is 0 Å². The lowest BCUT2D eigenvalue weighted by Gasteiger charge is -2.17. The number of aromatic nitrogens is 4. The molecule has 0 fully saturated rings. The summed E-state index contributed by atoms with van der Waals surface area (Å²) < 4.78 is 4.44. The van der Waals surface area contributed by atoms with Gasteiger partial charge in [-0.05, 0) is 60.6 Å². The Morgan fingerprint density at radius 1 is 1.13 bits per heavy atom. The lowest BCUT2D eigenvalue weighted by Crippen LogP contribution is -2.27. The lowest BCUT2D eigenvalue weighted by molar-refractivity contribution is -0.130. The Bertz CT molecular complexity index is 1030. The number of aryl methyl sites for hydroxylation is 1. The van der Waals surface area contributed by atoms with Gasteiger partial charge in [-0.1, -0.05) is 24.9 Å². The summed E-state index contributed by atoms with van der Waals surface area (Å²) in [5.74, 6) is 0.854. The van der Waals surface area contributed by atoms with Gasteiger partial charge in [0.2, 0.25) is 5.91 Å². The predicted molar refractivity (Wildman–Crippen MR) is 122 cm³/mol. The van der Waals surface area contributed by atoms with Crippen LogP contribution in [0.5, 0.6) is 0 Å². The van der Waals surface area contributed by atoms with Crippen molar-refractivity contribution in [1.29, 1.82) is 0 Å². The predicted octanol–water partition coefficient (Wildman–Crippen LogP) is 4.98. The molecule has 1 amide bonds. The molecule has 0 aliphatic carbocycles. The van der Waals surface area contributed by atoms with E-state index >= 15 is 0 Å². The molecule has 0 aliphatic heterocycles. The number of carbonyl (C=O) groups is 1. The van der Waals surface area contributed by atoms with Crippen molar-refractivity contribution in [2.75, 3.05) is 7.05 Å². The van der Waals surface area contributed by atoms with E-state index in [1.807, 2.05) is 41.0 Å². The molecule has 0 saturated carbocycles. The van der Waals surface area contributed by atoms with E-state index < -0.39 is 0 Å². The van der Waals surface area contributed by atoms with E-state index in [9.17, 15) is 4.79 Å². The molecule has 158 valence electrons. The fourth-order valence-corrected chi connectivity index (χ4v) is 3.60. The number of hydrogen-bond acceptors (Lipinski definition) is 4. The number of nitrogens with zero attached hydrogens (tertiary/aromatic N) is 5. The summed E-state index contributed by atoms with van der Waals surface area (Å²) in [5.41, 5.74) is 2.01. The summed E-state index contributed by atoms with van der Waals surface area (Å²) in [5, 5.41) is 5.41. The van der Waals surface area contributed by atoms with Crippen LogP contribution in [0, 0.1) is 4.77 Å².